The summed E-state index contributed by atoms with van der Waals surface area (Å²) in [4.78, 5) is 3.23. The lowest BCUT2D eigenvalue weighted by atomic mass is 9.90. The zero-order valence-corrected chi connectivity index (χ0v) is 10.3. The molecule has 16 heavy (non-hydrogen) atoms. The molecule has 0 heterocycles. The van der Waals surface area contributed by atoms with E-state index in [1.54, 1.807) is 0 Å². The predicted molar refractivity (Wildman–Crippen MR) is 58.8 cm³/mol. The summed E-state index contributed by atoms with van der Waals surface area (Å²) in [7, 11) is 0. The number of rotatable bonds is 1. The van der Waals surface area contributed by atoms with Crippen molar-refractivity contribution in [2.75, 3.05) is 0 Å². The Hall–Kier alpha value is -1.02. The van der Waals surface area contributed by atoms with E-state index in [2.05, 4.69) is 20.8 Å². The van der Waals surface area contributed by atoms with Gasteiger partial charge in [0, 0.05) is 23.9 Å². The highest BCUT2D eigenvalue weighted by atomic mass is 79.9. The van der Waals surface area contributed by atoms with Crippen LogP contribution in [-0.2, 0) is 11.7 Å². The van der Waals surface area contributed by atoms with Gasteiger partial charge in [0.2, 0.25) is 0 Å². The molecule has 1 aromatic carbocycles. The molecule has 0 amide bonds. The lowest BCUT2D eigenvalue weighted by Crippen LogP contribution is -2.19. The molecular weight excluding hydrogens is 283 g/mol. The maximum atomic E-state index is 12.8. The fraction of sp³-hybridized carbons (Fsp3) is 0.364. The second-order valence-corrected chi connectivity index (χ2v) is 4.77. The number of nitrogens with zero attached hydrogens (tertiary/aromatic N) is 1. The fourth-order valence-corrected chi connectivity index (χ4v) is 1.71. The first-order valence-electron chi connectivity index (χ1n) is 4.44. The molecule has 5 heteroatoms. The molecule has 0 aliphatic heterocycles. The SMILES string of the molecule is [C-]#[N+]C(C)(C)c1ccc(Br)cc1C(F)(F)F. The van der Waals surface area contributed by atoms with E-state index >= 15 is 0 Å². The number of benzene rings is 1. The summed E-state index contributed by atoms with van der Waals surface area (Å²) in [6, 6.07) is 3.85. The third-order valence-electron chi connectivity index (χ3n) is 2.23. The fourth-order valence-electron chi connectivity index (χ4n) is 1.34. The summed E-state index contributed by atoms with van der Waals surface area (Å²) in [6.45, 7) is 9.89. The van der Waals surface area contributed by atoms with Gasteiger partial charge in [-0.05, 0) is 18.2 Å². The maximum Gasteiger partial charge on any atom is 0.417 e. The van der Waals surface area contributed by atoms with E-state index < -0.39 is 17.3 Å². The highest BCUT2D eigenvalue weighted by molar-refractivity contribution is 9.10. The lowest BCUT2D eigenvalue weighted by molar-refractivity contribution is -0.138. The van der Waals surface area contributed by atoms with Gasteiger partial charge in [-0.3, -0.25) is 0 Å². The Morgan fingerprint density at radius 2 is 1.75 bits per heavy atom. The quantitative estimate of drug-likeness (QED) is 0.665. The molecule has 0 N–H and O–H groups in total. The summed E-state index contributed by atoms with van der Waals surface area (Å²) < 4.78 is 38.7. The summed E-state index contributed by atoms with van der Waals surface area (Å²) in [5.41, 5.74) is -1.94. The van der Waals surface area contributed by atoms with Gasteiger partial charge in [0.25, 0.3) is 5.54 Å². The van der Waals surface area contributed by atoms with Crippen LogP contribution < -0.4 is 0 Å². The van der Waals surface area contributed by atoms with E-state index in [1.807, 2.05) is 0 Å². The van der Waals surface area contributed by atoms with Crippen molar-refractivity contribution in [2.45, 2.75) is 25.6 Å². The molecule has 0 bridgehead atoms. The third kappa shape index (κ3) is 2.56. The van der Waals surface area contributed by atoms with Crippen LogP contribution >= 0.6 is 15.9 Å². The number of hydrogen-bond donors (Lipinski definition) is 0. The average molecular weight is 292 g/mol. The van der Waals surface area contributed by atoms with Gasteiger partial charge in [-0.25, -0.2) is 6.57 Å². The number of hydrogen-bond acceptors (Lipinski definition) is 0. The van der Waals surface area contributed by atoms with Gasteiger partial charge in [-0.2, -0.15) is 13.2 Å². The second-order valence-electron chi connectivity index (χ2n) is 3.86. The van der Waals surface area contributed by atoms with Crippen LogP contribution in [0.4, 0.5) is 13.2 Å². The van der Waals surface area contributed by atoms with Crippen LogP contribution in [0.1, 0.15) is 25.0 Å². The largest absolute Gasteiger partial charge is 0.417 e. The first-order valence-corrected chi connectivity index (χ1v) is 5.23. The van der Waals surface area contributed by atoms with Gasteiger partial charge in [-0.15, -0.1) is 0 Å². The van der Waals surface area contributed by atoms with Crippen molar-refractivity contribution < 1.29 is 13.2 Å². The molecule has 0 fully saturated rings. The topological polar surface area (TPSA) is 4.36 Å². The van der Waals surface area contributed by atoms with Gasteiger partial charge in [0.1, 0.15) is 0 Å². The van der Waals surface area contributed by atoms with Crippen LogP contribution in [0.15, 0.2) is 22.7 Å². The van der Waals surface area contributed by atoms with Crippen molar-refractivity contribution in [3.05, 3.63) is 45.2 Å². The molecule has 0 saturated carbocycles. The van der Waals surface area contributed by atoms with E-state index in [0.29, 0.717) is 4.47 Å². The van der Waals surface area contributed by atoms with Crippen LogP contribution in [-0.4, -0.2) is 0 Å². The number of halogens is 4. The van der Waals surface area contributed by atoms with Crippen LogP contribution in [0.2, 0.25) is 0 Å². The Labute approximate surface area is 100 Å². The molecule has 0 radical (unpaired) electrons. The Morgan fingerprint density at radius 1 is 1.19 bits per heavy atom. The Balaban J connectivity index is 3.48. The smallest absolute Gasteiger partial charge is 0.306 e. The van der Waals surface area contributed by atoms with E-state index in [4.69, 9.17) is 6.57 Å². The zero-order chi connectivity index (χ0) is 12.6. The first kappa shape index (κ1) is 13.0. The van der Waals surface area contributed by atoms with E-state index in [9.17, 15) is 13.2 Å². The van der Waals surface area contributed by atoms with Crippen molar-refractivity contribution >= 4 is 15.9 Å². The van der Waals surface area contributed by atoms with Crippen LogP contribution in [0.3, 0.4) is 0 Å². The molecule has 0 unspecified atom stereocenters. The normalized spacial score (nSPS) is 12.3. The van der Waals surface area contributed by atoms with Crippen molar-refractivity contribution in [2.24, 2.45) is 0 Å². The molecule has 0 aliphatic carbocycles. The van der Waals surface area contributed by atoms with Crippen molar-refractivity contribution in [1.82, 2.24) is 0 Å². The third-order valence-corrected chi connectivity index (χ3v) is 2.72. The van der Waals surface area contributed by atoms with Gasteiger partial charge in [0.15, 0.2) is 0 Å². The standard InChI is InChI=1S/C11H9BrF3N/c1-10(2,16-3)8-5-4-7(12)6-9(8)11(13,14)15/h4-6H,1-2H3. The molecule has 0 aromatic heterocycles. The molecule has 1 nitrogen and oxygen atoms in total. The molecule has 1 aromatic rings. The monoisotopic (exact) mass is 291 g/mol. The molecule has 0 saturated heterocycles. The number of alkyl halides is 3. The minimum atomic E-state index is -4.44. The lowest BCUT2D eigenvalue weighted by Gasteiger charge is -2.18. The van der Waals surface area contributed by atoms with Gasteiger partial charge in [0.05, 0.1) is 5.56 Å². The summed E-state index contributed by atoms with van der Waals surface area (Å²) >= 11 is 3.00. The molecule has 0 atom stereocenters. The van der Waals surface area contributed by atoms with E-state index in [0.717, 1.165) is 6.07 Å². The Kier molecular flexibility index (Phi) is 3.34. The molecule has 86 valence electrons. The van der Waals surface area contributed by atoms with Crippen molar-refractivity contribution in [3.8, 4) is 0 Å². The van der Waals surface area contributed by atoms with Gasteiger partial charge < -0.3 is 4.85 Å². The van der Waals surface area contributed by atoms with Crippen LogP contribution in [0, 0.1) is 6.57 Å². The van der Waals surface area contributed by atoms with Crippen molar-refractivity contribution in [3.63, 3.8) is 0 Å². The minimum Gasteiger partial charge on any atom is -0.306 e. The molecule has 1 rings (SSSR count). The Bertz CT molecular complexity index is 444. The van der Waals surface area contributed by atoms with Crippen molar-refractivity contribution in [1.29, 1.82) is 0 Å². The van der Waals surface area contributed by atoms with Crippen LogP contribution in [0.25, 0.3) is 4.85 Å². The summed E-state index contributed by atoms with van der Waals surface area (Å²) in [5, 5.41) is 0. The second kappa shape index (κ2) is 4.10. The highest BCUT2D eigenvalue weighted by Gasteiger charge is 2.40. The van der Waals surface area contributed by atoms with Crippen LogP contribution in [0.5, 0.6) is 0 Å². The summed E-state index contributed by atoms with van der Waals surface area (Å²) in [5.74, 6) is 0. The first-order chi connectivity index (χ1) is 7.18. The molecule has 0 spiro atoms. The van der Waals surface area contributed by atoms with Gasteiger partial charge in [-0.1, -0.05) is 15.9 Å². The molecular formula is C11H9BrF3N. The zero-order valence-electron chi connectivity index (χ0n) is 8.69. The summed E-state index contributed by atoms with van der Waals surface area (Å²) in [6.07, 6.45) is -4.44. The van der Waals surface area contributed by atoms with E-state index in [-0.39, 0.29) is 5.56 Å². The minimum absolute atomic E-state index is 0.00167. The average Bonchev–Trinajstić information content (AvgIpc) is 2.16. The Morgan fingerprint density at radius 3 is 2.19 bits per heavy atom. The predicted octanol–water partition coefficient (Wildman–Crippen LogP) is 4.62. The maximum absolute atomic E-state index is 12.8. The molecule has 0 aliphatic rings. The van der Waals surface area contributed by atoms with E-state index in [1.165, 1.54) is 26.0 Å². The van der Waals surface area contributed by atoms with Gasteiger partial charge >= 0.3 is 6.18 Å². The highest BCUT2D eigenvalue weighted by Crippen LogP contribution is 2.39.